The van der Waals surface area contributed by atoms with Crippen molar-refractivity contribution in [2.24, 2.45) is 10.2 Å². The van der Waals surface area contributed by atoms with Crippen molar-refractivity contribution >= 4 is 60.5 Å². The van der Waals surface area contributed by atoms with Crippen LogP contribution in [0.1, 0.15) is 43.0 Å². The van der Waals surface area contributed by atoms with E-state index in [0.29, 0.717) is 22.3 Å². The van der Waals surface area contributed by atoms with Gasteiger partial charge in [0, 0.05) is 39.3 Å². The maximum atomic E-state index is 11.8. The molecule has 0 heterocycles. The summed E-state index contributed by atoms with van der Waals surface area (Å²) in [6, 6.07) is 44.2. The second-order valence-electron chi connectivity index (χ2n) is 14.4. The first-order valence-corrected chi connectivity index (χ1v) is 21.4. The van der Waals surface area contributed by atoms with E-state index in [-0.39, 0.29) is 134 Å². The molecule has 402 valence electrons. The number of ether oxygens (including phenoxy) is 2. The predicted octanol–water partition coefficient (Wildman–Crippen LogP) is 2.02. The van der Waals surface area contributed by atoms with Gasteiger partial charge in [0.1, 0.15) is 11.5 Å². The smallest absolute Gasteiger partial charge is 0.872 e. The Hall–Kier alpha value is -7.69. The molecule has 20 nitrogen and oxygen atoms in total. The Labute approximate surface area is 500 Å². The van der Waals surface area contributed by atoms with Crippen LogP contribution in [0.2, 0.25) is 0 Å². The Morgan fingerprint density at radius 1 is 0.447 bits per heavy atom. The number of ketones is 2. The molecule has 22 heteroatoms. The summed E-state index contributed by atoms with van der Waals surface area (Å²) in [7, 11) is 9.49. The summed E-state index contributed by atoms with van der Waals surface area (Å²) in [5.74, 6) is -1.43. The summed E-state index contributed by atoms with van der Waals surface area (Å²) < 4.78 is 9.58. The number of nitrogens with one attached hydrogen (secondary N) is 2. The van der Waals surface area contributed by atoms with Gasteiger partial charge in [0.05, 0.1) is 26.6 Å². The molecule has 0 bridgehead atoms. The first-order chi connectivity index (χ1) is 35.4. The van der Waals surface area contributed by atoms with Gasteiger partial charge in [-0.2, -0.15) is 10.2 Å². The molecule has 6 aromatic carbocycles. The molecule has 2 radical (unpaired) electrons. The summed E-state index contributed by atoms with van der Waals surface area (Å²) in [6.07, 6.45) is 2.85. The molecule has 0 aliphatic carbocycles. The molecule has 0 fully saturated rings. The number of para-hydroxylation sites is 2. The Morgan fingerprint density at radius 3 is 0.947 bits per heavy atom. The third-order valence-electron chi connectivity index (χ3n) is 8.36. The SMILES string of the molecule is CN(C)C=O.CN(C)C=O.COc1cccc(/C=N/NC(=O)[O-])c1[O-].COc1cccc(/C=N/NC(=O)[O-])c1[O-].O=C(/C=C(\[O-])c1ccccc1)c1ccccc1.O=C(/C=C(\[O-])c1ccccc1)c1ccccc1.[Dy+3].[Dy+3]. The minimum Gasteiger partial charge on any atom is -0.872 e. The fourth-order valence-electron chi connectivity index (χ4n) is 4.88. The summed E-state index contributed by atoms with van der Waals surface area (Å²) in [4.78, 5) is 65.2. The van der Waals surface area contributed by atoms with Gasteiger partial charge >= 0.3 is 76.3 Å². The van der Waals surface area contributed by atoms with Crippen LogP contribution in [-0.4, -0.2) is 101 Å². The van der Waals surface area contributed by atoms with E-state index in [9.17, 15) is 59.4 Å². The number of amides is 4. The first-order valence-electron chi connectivity index (χ1n) is 21.4. The van der Waals surface area contributed by atoms with E-state index in [1.807, 2.05) is 24.3 Å². The van der Waals surface area contributed by atoms with Crippen molar-refractivity contribution in [1.29, 1.82) is 0 Å². The van der Waals surface area contributed by atoms with Crippen molar-refractivity contribution in [3.05, 3.63) is 203 Å². The molecule has 0 aliphatic rings. The average Bonchev–Trinajstić information content (AvgIpc) is 3.41. The quantitative estimate of drug-likeness (QED) is 0.0394. The minimum atomic E-state index is -1.54. The van der Waals surface area contributed by atoms with Gasteiger partial charge in [0.15, 0.2) is 23.8 Å². The number of carboxylic acid groups (broad SMARTS) is 2. The topological polar surface area (TPSA) is 314 Å². The van der Waals surface area contributed by atoms with Gasteiger partial charge in [0.2, 0.25) is 12.8 Å². The van der Waals surface area contributed by atoms with Crippen molar-refractivity contribution in [2.45, 2.75) is 0 Å². The number of methoxy groups -OCH3 is 2. The number of hydrogen-bond acceptors (Lipinski definition) is 16. The van der Waals surface area contributed by atoms with Crippen LogP contribution >= 0.6 is 0 Å². The van der Waals surface area contributed by atoms with Crippen molar-refractivity contribution in [3.63, 3.8) is 0 Å². The van der Waals surface area contributed by atoms with Gasteiger partial charge < -0.3 is 59.5 Å². The predicted molar refractivity (Wildman–Crippen MR) is 267 cm³/mol. The summed E-state index contributed by atoms with van der Waals surface area (Å²) in [6.45, 7) is 0. The average molecular weight is 1330 g/mol. The number of carbonyl (C=O) groups excluding carboxylic acids is 6. The van der Waals surface area contributed by atoms with Gasteiger partial charge in [-0.15, -0.1) is 0 Å². The zero-order chi connectivity index (χ0) is 55.3. The fraction of sp³-hybridized carbons (Fsp3) is 0.111. The zero-order valence-electron chi connectivity index (χ0n) is 41.6. The molecular weight excluding hydrogens is 1280 g/mol. The number of benzene rings is 6. The van der Waals surface area contributed by atoms with Gasteiger partial charge in [-0.25, -0.2) is 0 Å². The summed E-state index contributed by atoms with van der Waals surface area (Å²) in [5.41, 5.74) is 5.86. The minimum absolute atomic E-state index is 0. The second kappa shape index (κ2) is 41.6. The number of rotatable bonds is 14. The van der Waals surface area contributed by atoms with E-state index < -0.39 is 12.2 Å². The first kappa shape index (κ1) is 70.4. The molecule has 4 amide bonds. The number of carbonyl (C=O) groups is 6. The molecule has 0 unspecified atom stereocenters. The molecule has 76 heavy (non-hydrogen) atoms. The van der Waals surface area contributed by atoms with Gasteiger partial charge in [-0.05, 0) is 46.5 Å². The van der Waals surface area contributed by atoms with Crippen LogP contribution in [0, 0.1) is 76.3 Å². The number of allylic oxidation sites excluding steroid dienone is 2. The van der Waals surface area contributed by atoms with Crippen molar-refractivity contribution < 1.29 is 145 Å². The van der Waals surface area contributed by atoms with E-state index in [2.05, 4.69) is 10.2 Å². The Morgan fingerprint density at radius 2 is 0.711 bits per heavy atom. The van der Waals surface area contributed by atoms with Crippen LogP contribution in [0.25, 0.3) is 11.5 Å². The Bertz CT molecular complexity index is 2590. The third-order valence-corrected chi connectivity index (χ3v) is 8.36. The van der Waals surface area contributed by atoms with Crippen molar-refractivity contribution in [2.75, 3.05) is 42.4 Å². The largest absolute Gasteiger partial charge is 3.00 e. The molecule has 0 aliphatic heterocycles. The van der Waals surface area contributed by atoms with E-state index >= 15 is 0 Å². The monoisotopic (exact) mass is 1340 g/mol. The summed E-state index contributed by atoms with van der Waals surface area (Å²) >= 11 is 0. The number of nitrogens with zero attached hydrogens (tertiary/aromatic N) is 4. The molecule has 0 spiro atoms. The molecule has 0 atom stereocenters. The second-order valence-corrected chi connectivity index (χ2v) is 14.4. The van der Waals surface area contributed by atoms with Crippen LogP contribution in [0.4, 0.5) is 9.59 Å². The van der Waals surface area contributed by atoms with Crippen LogP contribution in [-0.2, 0) is 9.59 Å². The maximum Gasteiger partial charge on any atom is 3.00 e. The van der Waals surface area contributed by atoms with Gasteiger partial charge in [-0.1, -0.05) is 169 Å². The number of hydrazone groups is 2. The molecular formula is C54H52Dy2N6O14. The number of hydrogen-bond donors (Lipinski definition) is 2. The van der Waals surface area contributed by atoms with Crippen molar-refractivity contribution in [1.82, 2.24) is 20.7 Å². The standard InChI is InChI=1S/2C15H12O2.2C9H10N2O4.2C3H7NO.2Dy/c2*16-14(12-7-3-1-4-8-12)11-15(17)13-9-5-2-6-10-13;2*1-15-7-4-2-3-6(8(7)12)5-10-11-9(13)14;2*1-4(2)3-5;;/h2*1-11,16H;2*2-5,11-12H,1H3,(H,13,14);2*3H,1-2H3;;/q;;;;;;2*+3/p-6/b2*14-11-;2*10-5+;;;;. The third kappa shape index (κ3) is 30.5. The summed E-state index contributed by atoms with van der Waals surface area (Å²) in [5, 5.41) is 72.9. The van der Waals surface area contributed by atoms with Gasteiger partial charge in [-0.3, -0.25) is 30.0 Å². The zero-order valence-corrected chi connectivity index (χ0v) is 45.7. The van der Waals surface area contributed by atoms with Crippen LogP contribution in [0.3, 0.4) is 0 Å². The van der Waals surface area contributed by atoms with Crippen LogP contribution in [0.5, 0.6) is 23.0 Å². The Balaban J connectivity index is 0. The van der Waals surface area contributed by atoms with Gasteiger partial charge in [0.25, 0.3) is 0 Å². The molecule has 0 aromatic heterocycles. The molecule has 2 N–H and O–H groups in total. The maximum absolute atomic E-state index is 11.8. The van der Waals surface area contributed by atoms with E-state index in [1.54, 1.807) is 148 Å². The molecule has 6 rings (SSSR count). The molecule has 0 saturated heterocycles. The van der Waals surface area contributed by atoms with Crippen LogP contribution in [0.15, 0.2) is 180 Å². The van der Waals surface area contributed by atoms with E-state index in [0.717, 1.165) is 37.4 Å². The fourth-order valence-corrected chi connectivity index (χ4v) is 4.88. The van der Waals surface area contributed by atoms with E-state index in [4.69, 9.17) is 9.47 Å². The van der Waals surface area contributed by atoms with Crippen molar-refractivity contribution in [3.8, 4) is 23.0 Å². The van der Waals surface area contributed by atoms with Crippen LogP contribution < -0.4 is 51.0 Å². The Kier molecular flexibility index (Phi) is 38.6. The molecule has 0 saturated carbocycles. The molecule has 6 aromatic rings. The normalized spacial score (nSPS) is 9.92. The van der Waals surface area contributed by atoms with E-state index in [1.165, 1.54) is 48.3 Å².